The predicted molar refractivity (Wildman–Crippen MR) is 47.7 cm³/mol. The summed E-state index contributed by atoms with van der Waals surface area (Å²) in [5.74, 6) is 0. The Morgan fingerprint density at radius 2 is 1.75 bits per heavy atom. The molecule has 0 aliphatic rings. The van der Waals surface area contributed by atoms with Crippen LogP contribution in [0.1, 0.15) is 0 Å². The first-order valence-electron chi connectivity index (χ1n) is 3.44. The van der Waals surface area contributed by atoms with Gasteiger partial charge in [-0.05, 0) is 12.1 Å². The molecule has 0 aliphatic heterocycles. The predicted octanol–water partition coefficient (Wildman–Crippen LogP) is 0.0206. The highest BCUT2D eigenvalue weighted by molar-refractivity contribution is 5.87. The maximum Gasteiger partial charge on any atom is 0.271 e. The summed E-state index contributed by atoms with van der Waals surface area (Å²) in [4.78, 5) is 11.1. The normalized spacial score (nSPS) is 10.7. The summed E-state index contributed by atoms with van der Waals surface area (Å²) in [5.41, 5.74) is 12.4. The lowest BCUT2D eigenvalue weighted by molar-refractivity contribution is 1.08. The van der Waals surface area contributed by atoms with Gasteiger partial charge in [0.15, 0.2) is 0 Å². The van der Waals surface area contributed by atoms with E-state index in [4.69, 9.17) is 11.5 Å². The molecule has 2 aromatic rings. The van der Waals surface area contributed by atoms with E-state index in [2.05, 4.69) is 10.2 Å². The van der Waals surface area contributed by atoms with E-state index in [0.717, 1.165) is 0 Å². The summed E-state index contributed by atoms with van der Waals surface area (Å²) in [6.45, 7) is 0. The number of rotatable bonds is 0. The zero-order valence-electron chi connectivity index (χ0n) is 6.22. The second-order valence-electron chi connectivity index (χ2n) is 2.61. The van der Waals surface area contributed by atoms with Crippen molar-refractivity contribution in [2.24, 2.45) is 0 Å². The van der Waals surface area contributed by atoms with Crippen LogP contribution in [0.5, 0.6) is 0 Å². The fourth-order valence-electron chi connectivity index (χ4n) is 1.12. The van der Waals surface area contributed by atoms with Crippen LogP contribution in [0.2, 0.25) is 0 Å². The Morgan fingerprint density at radius 3 is 2.50 bits per heavy atom. The topological polar surface area (TPSA) is 101 Å². The number of hydrogen-bond donors (Lipinski definition) is 4. The lowest BCUT2D eigenvalue weighted by Crippen LogP contribution is -1.99. The molecule has 5 nitrogen and oxygen atoms in total. The van der Waals surface area contributed by atoms with Gasteiger partial charge < -0.3 is 11.5 Å². The number of aromatic amines is 2. The van der Waals surface area contributed by atoms with Crippen molar-refractivity contribution in [3.05, 3.63) is 22.5 Å². The van der Waals surface area contributed by atoms with Gasteiger partial charge in [-0.2, -0.15) is 0 Å². The van der Waals surface area contributed by atoms with Gasteiger partial charge in [0.05, 0.1) is 22.3 Å². The van der Waals surface area contributed by atoms with Crippen LogP contribution in [0, 0.1) is 0 Å². The molecule has 12 heavy (non-hydrogen) atoms. The SMILES string of the molecule is Nc1cc2[nH][nH]c(=O)c2cc1N. The molecule has 5 heteroatoms. The Bertz CT molecular complexity index is 482. The molecule has 0 bridgehead atoms. The highest BCUT2D eigenvalue weighted by Crippen LogP contribution is 2.19. The van der Waals surface area contributed by atoms with Gasteiger partial charge in [-0.15, -0.1) is 0 Å². The van der Waals surface area contributed by atoms with Crippen molar-refractivity contribution >= 4 is 22.3 Å². The molecule has 1 aromatic heterocycles. The summed E-state index contributed by atoms with van der Waals surface area (Å²) in [7, 11) is 0. The minimum absolute atomic E-state index is 0.184. The van der Waals surface area contributed by atoms with E-state index in [9.17, 15) is 4.79 Å². The van der Waals surface area contributed by atoms with Gasteiger partial charge in [0.2, 0.25) is 0 Å². The third-order valence-electron chi connectivity index (χ3n) is 1.78. The van der Waals surface area contributed by atoms with Crippen LogP contribution in [0.25, 0.3) is 10.9 Å². The quantitative estimate of drug-likeness (QED) is 0.413. The molecule has 0 spiro atoms. The van der Waals surface area contributed by atoms with Crippen molar-refractivity contribution < 1.29 is 0 Å². The second kappa shape index (κ2) is 2.04. The van der Waals surface area contributed by atoms with Crippen LogP contribution < -0.4 is 17.0 Å². The third-order valence-corrected chi connectivity index (χ3v) is 1.78. The lowest BCUT2D eigenvalue weighted by Gasteiger charge is -1.97. The standard InChI is InChI=1S/C7H8N4O/c8-4-1-3-6(2-5(4)9)10-11-7(3)12/h1-2H,8-9H2,(H2,10,11,12). The molecule has 0 fully saturated rings. The average molecular weight is 164 g/mol. The van der Waals surface area contributed by atoms with Crippen LogP contribution in [0.15, 0.2) is 16.9 Å². The zero-order chi connectivity index (χ0) is 8.72. The second-order valence-corrected chi connectivity index (χ2v) is 2.61. The summed E-state index contributed by atoms with van der Waals surface area (Å²) < 4.78 is 0. The van der Waals surface area contributed by atoms with E-state index in [1.165, 1.54) is 0 Å². The summed E-state index contributed by atoms with van der Waals surface area (Å²) in [6.07, 6.45) is 0. The maximum absolute atomic E-state index is 11.1. The molecule has 0 radical (unpaired) electrons. The number of anilines is 2. The molecular formula is C7H8N4O. The van der Waals surface area contributed by atoms with E-state index < -0.39 is 0 Å². The van der Waals surface area contributed by atoms with Gasteiger partial charge in [-0.1, -0.05) is 0 Å². The van der Waals surface area contributed by atoms with Gasteiger partial charge in [-0.3, -0.25) is 15.0 Å². The minimum Gasteiger partial charge on any atom is -0.397 e. The molecule has 2 rings (SSSR count). The van der Waals surface area contributed by atoms with Gasteiger partial charge >= 0.3 is 0 Å². The molecule has 0 aliphatic carbocycles. The number of benzene rings is 1. The van der Waals surface area contributed by atoms with Gasteiger partial charge in [-0.25, -0.2) is 0 Å². The maximum atomic E-state index is 11.1. The Kier molecular flexibility index (Phi) is 1.15. The first-order chi connectivity index (χ1) is 5.68. The molecule has 0 saturated carbocycles. The summed E-state index contributed by atoms with van der Waals surface area (Å²) in [5, 5.41) is 5.65. The number of aromatic nitrogens is 2. The molecule has 0 atom stereocenters. The molecule has 0 amide bonds. The van der Waals surface area contributed by atoms with E-state index in [0.29, 0.717) is 22.3 Å². The van der Waals surface area contributed by atoms with Crippen molar-refractivity contribution in [1.82, 2.24) is 10.2 Å². The molecular weight excluding hydrogens is 156 g/mol. The molecule has 1 heterocycles. The van der Waals surface area contributed by atoms with Gasteiger partial charge in [0.25, 0.3) is 5.56 Å². The fraction of sp³-hybridized carbons (Fsp3) is 0. The first-order valence-corrected chi connectivity index (χ1v) is 3.44. The Labute approximate surface area is 67.4 Å². The van der Waals surface area contributed by atoms with Crippen LogP contribution in [-0.2, 0) is 0 Å². The van der Waals surface area contributed by atoms with Gasteiger partial charge in [0, 0.05) is 0 Å². The van der Waals surface area contributed by atoms with E-state index in [-0.39, 0.29) is 5.56 Å². The number of nitrogens with one attached hydrogen (secondary N) is 2. The summed E-state index contributed by atoms with van der Waals surface area (Å²) in [6, 6.07) is 3.18. The number of fused-ring (bicyclic) bond motifs is 1. The number of hydrogen-bond acceptors (Lipinski definition) is 3. The van der Waals surface area contributed by atoms with Crippen molar-refractivity contribution in [3.63, 3.8) is 0 Å². The Hall–Kier alpha value is -1.91. The zero-order valence-corrected chi connectivity index (χ0v) is 6.22. The van der Waals surface area contributed by atoms with Crippen molar-refractivity contribution in [1.29, 1.82) is 0 Å². The van der Waals surface area contributed by atoms with Crippen molar-refractivity contribution in [2.45, 2.75) is 0 Å². The minimum atomic E-state index is -0.184. The largest absolute Gasteiger partial charge is 0.397 e. The van der Waals surface area contributed by atoms with Gasteiger partial charge in [0.1, 0.15) is 0 Å². The van der Waals surface area contributed by atoms with Crippen LogP contribution >= 0.6 is 0 Å². The third kappa shape index (κ3) is 0.763. The van der Waals surface area contributed by atoms with Crippen LogP contribution in [-0.4, -0.2) is 10.2 Å². The first kappa shape index (κ1) is 6.78. The van der Waals surface area contributed by atoms with Crippen LogP contribution in [0.3, 0.4) is 0 Å². The molecule has 0 unspecified atom stereocenters. The highest BCUT2D eigenvalue weighted by Gasteiger charge is 2.02. The Morgan fingerprint density at radius 1 is 1.08 bits per heavy atom. The van der Waals surface area contributed by atoms with Crippen LogP contribution in [0.4, 0.5) is 11.4 Å². The average Bonchev–Trinajstić information content (AvgIpc) is 2.35. The van der Waals surface area contributed by atoms with E-state index in [1.807, 2.05) is 0 Å². The number of nitrogen functional groups attached to an aromatic ring is 2. The highest BCUT2D eigenvalue weighted by atomic mass is 16.1. The monoisotopic (exact) mass is 164 g/mol. The molecule has 6 N–H and O–H groups in total. The molecule has 1 aromatic carbocycles. The number of nitrogens with two attached hydrogens (primary N) is 2. The van der Waals surface area contributed by atoms with E-state index in [1.54, 1.807) is 12.1 Å². The summed E-state index contributed by atoms with van der Waals surface area (Å²) >= 11 is 0. The smallest absolute Gasteiger partial charge is 0.271 e. The lowest BCUT2D eigenvalue weighted by atomic mass is 10.2. The number of H-pyrrole nitrogens is 2. The fourth-order valence-corrected chi connectivity index (χ4v) is 1.12. The molecule has 0 saturated heterocycles. The van der Waals surface area contributed by atoms with Crippen molar-refractivity contribution in [3.8, 4) is 0 Å². The molecule has 62 valence electrons. The Balaban J connectivity index is 2.97. The van der Waals surface area contributed by atoms with E-state index >= 15 is 0 Å². The van der Waals surface area contributed by atoms with Crippen molar-refractivity contribution in [2.75, 3.05) is 11.5 Å².